The summed E-state index contributed by atoms with van der Waals surface area (Å²) in [5.41, 5.74) is 1.35. The largest absolute Gasteiger partial charge is 0.296 e. The summed E-state index contributed by atoms with van der Waals surface area (Å²) < 4.78 is 30.6. The van der Waals surface area contributed by atoms with Crippen molar-refractivity contribution in [3.63, 3.8) is 0 Å². The van der Waals surface area contributed by atoms with Gasteiger partial charge >= 0.3 is 0 Å². The highest BCUT2D eigenvalue weighted by molar-refractivity contribution is 9.10. The third-order valence-corrected chi connectivity index (χ3v) is 6.50. The maximum atomic E-state index is 12.2. The van der Waals surface area contributed by atoms with Crippen LogP contribution in [0.5, 0.6) is 0 Å². The van der Waals surface area contributed by atoms with Crippen molar-refractivity contribution in [3.8, 4) is 0 Å². The zero-order valence-electron chi connectivity index (χ0n) is 14.9. The van der Waals surface area contributed by atoms with E-state index in [-0.39, 0.29) is 11.5 Å². The van der Waals surface area contributed by atoms with Crippen LogP contribution in [-0.4, -0.2) is 15.0 Å². The molecule has 0 amide bonds. The minimum atomic E-state index is -3.67. The zero-order chi connectivity index (χ0) is 18.0. The van der Waals surface area contributed by atoms with E-state index in [2.05, 4.69) is 22.0 Å². The minimum absolute atomic E-state index is 0.211. The molecule has 1 aliphatic carbocycles. The summed E-state index contributed by atoms with van der Waals surface area (Å²) in [6, 6.07) is 6.56. The fourth-order valence-electron chi connectivity index (χ4n) is 3.14. The molecule has 0 saturated carbocycles. The maximum absolute atomic E-state index is 12.2. The van der Waals surface area contributed by atoms with E-state index in [1.54, 1.807) is 24.3 Å². The predicted octanol–water partition coefficient (Wildman–Crippen LogP) is 6.39. The van der Waals surface area contributed by atoms with E-state index in [4.69, 9.17) is 4.18 Å². The number of benzene rings is 1. The van der Waals surface area contributed by atoms with Gasteiger partial charge in [-0.15, -0.1) is 0 Å². The van der Waals surface area contributed by atoms with Crippen LogP contribution >= 0.6 is 15.9 Å². The van der Waals surface area contributed by atoms with Gasteiger partial charge in [0.1, 0.15) is 0 Å². The molecule has 0 spiro atoms. The lowest BCUT2D eigenvalue weighted by Gasteiger charge is -2.11. The fourth-order valence-corrected chi connectivity index (χ4v) is 4.32. The van der Waals surface area contributed by atoms with E-state index in [1.165, 1.54) is 56.9 Å². The lowest BCUT2D eigenvalue weighted by atomic mass is 9.99. The van der Waals surface area contributed by atoms with Gasteiger partial charge in [-0.3, -0.25) is 4.18 Å². The normalized spacial score (nSPS) is 20.1. The number of allylic oxidation sites excluding steroid dienone is 1. The first-order chi connectivity index (χ1) is 12.1. The van der Waals surface area contributed by atoms with Gasteiger partial charge in [-0.1, -0.05) is 66.1 Å². The summed E-state index contributed by atoms with van der Waals surface area (Å²) in [7, 11) is -3.67. The van der Waals surface area contributed by atoms with Crippen molar-refractivity contribution >= 4 is 26.0 Å². The summed E-state index contributed by atoms with van der Waals surface area (Å²) in [5, 5.41) is 0. The van der Waals surface area contributed by atoms with Crippen molar-refractivity contribution in [1.29, 1.82) is 0 Å². The third kappa shape index (κ3) is 8.06. The highest BCUT2D eigenvalue weighted by Crippen LogP contribution is 2.21. The molecule has 0 aliphatic heterocycles. The molecule has 0 fully saturated rings. The first-order valence-corrected chi connectivity index (χ1v) is 11.6. The van der Waals surface area contributed by atoms with Crippen molar-refractivity contribution in [1.82, 2.24) is 0 Å². The van der Waals surface area contributed by atoms with Crippen LogP contribution in [0.15, 0.2) is 45.3 Å². The van der Waals surface area contributed by atoms with Crippen molar-refractivity contribution in [2.24, 2.45) is 0 Å². The van der Waals surface area contributed by atoms with E-state index in [0.29, 0.717) is 6.42 Å². The Morgan fingerprint density at radius 3 is 2.16 bits per heavy atom. The van der Waals surface area contributed by atoms with Crippen LogP contribution < -0.4 is 0 Å². The Labute approximate surface area is 161 Å². The second-order valence-electron chi connectivity index (χ2n) is 6.71. The standard InChI is InChI=1S/C20H29BrO3S/c21-19-12-14-20(15-13-19)25(22,23)24-17-16-18-10-8-6-4-2-1-3-5-7-9-11-18/h10,12-15H,1-9,11,16-17H2/b18-10+. The Morgan fingerprint density at radius 2 is 1.48 bits per heavy atom. The van der Waals surface area contributed by atoms with Gasteiger partial charge in [0.05, 0.1) is 11.5 Å². The van der Waals surface area contributed by atoms with Gasteiger partial charge in [0.25, 0.3) is 10.1 Å². The van der Waals surface area contributed by atoms with E-state index < -0.39 is 10.1 Å². The Hall–Kier alpha value is -0.650. The molecule has 2 rings (SSSR count). The molecule has 0 heterocycles. The minimum Gasteiger partial charge on any atom is -0.266 e. The Bertz CT molecular complexity index is 635. The quantitative estimate of drug-likeness (QED) is 0.403. The topological polar surface area (TPSA) is 43.4 Å². The molecular weight excluding hydrogens is 400 g/mol. The highest BCUT2D eigenvalue weighted by Gasteiger charge is 2.15. The molecule has 1 aliphatic rings. The van der Waals surface area contributed by atoms with Gasteiger partial charge in [-0.2, -0.15) is 8.42 Å². The molecule has 5 heteroatoms. The molecule has 140 valence electrons. The number of rotatable bonds is 5. The highest BCUT2D eigenvalue weighted by atomic mass is 79.9. The Morgan fingerprint density at radius 1 is 0.880 bits per heavy atom. The molecule has 0 radical (unpaired) electrons. The monoisotopic (exact) mass is 428 g/mol. The molecule has 0 atom stereocenters. The van der Waals surface area contributed by atoms with Crippen molar-refractivity contribution in [2.45, 2.75) is 75.5 Å². The predicted molar refractivity (Wildman–Crippen MR) is 106 cm³/mol. The molecule has 0 unspecified atom stereocenters. The van der Waals surface area contributed by atoms with Gasteiger partial charge in [0.15, 0.2) is 0 Å². The first kappa shape index (κ1) is 20.7. The van der Waals surface area contributed by atoms with Crippen molar-refractivity contribution in [3.05, 3.63) is 40.4 Å². The average Bonchev–Trinajstić information content (AvgIpc) is 2.57. The van der Waals surface area contributed by atoms with Crippen molar-refractivity contribution < 1.29 is 12.6 Å². The lowest BCUT2D eigenvalue weighted by Crippen LogP contribution is -2.08. The van der Waals surface area contributed by atoms with Gasteiger partial charge in [0.2, 0.25) is 0 Å². The second kappa shape index (κ2) is 11.1. The first-order valence-electron chi connectivity index (χ1n) is 9.41. The van der Waals surface area contributed by atoms with E-state index in [9.17, 15) is 8.42 Å². The Kier molecular flexibility index (Phi) is 9.21. The van der Waals surface area contributed by atoms with Crippen LogP contribution in [0, 0.1) is 0 Å². The molecule has 1 aromatic rings. The molecular formula is C20H29BrO3S. The number of hydrogen-bond donors (Lipinski definition) is 0. The lowest BCUT2D eigenvalue weighted by molar-refractivity contribution is 0.320. The van der Waals surface area contributed by atoms with Crippen LogP contribution in [0.3, 0.4) is 0 Å². The number of halogens is 1. The van der Waals surface area contributed by atoms with E-state index in [1.807, 2.05) is 0 Å². The molecule has 1 aromatic carbocycles. The zero-order valence-corrected chi connectivity index (χ0v) is 17.3. The number of hydrogen-bond acceptors (Lipinski definition) is 3. The molecule has 25 heavy (non-hydrogen) atoms. The SMILES string of the molecule is O=S(=O)(OCC/C1=C/CCCCCCCCCC1)c1ccc(Br)cc1. The smallest absolute Gasteiger partial charge is 0.266 e. The molecule has 0 N–H and O–H groups in total. The summed E-state index contributed by atoms with van der Waals surface area (Å²) in [6.07, 6.45) is 15.6. The molecule has 0 aromatic heterocycles. The summed E-state index contributed by atoms with van der Waals surface area (Å²) in [6.45, 7) is 0.226. The van der Waals surface area contributed by atoms with Crippen LogP contribution in [0.1, 0.15) is 70.6 Å². The molecule has 0 saturated heterocycles. The summed E-state index contributed by atoms with van der Waals surface area (Å²) in [5.74, 6) is 0. The van der Waals surface area contributed by atoms with Gasteiger partial charge in [-0.05, 0) is 56.4 Å². The van der Waals surface area contributed by atoms with E-state index >= 15 is 0 Å². The fraction of sp³-hybridized carbons (Fsp3) is 0.600. The van der Waals surface area contributed by atoms with Crippen LogP contribution in [-0.2, 0) is 14.3 Å². The molecule has 3 nitrogen and oxygen atoms in total. The van der Waals surface area contributed by atoms with Crippen LogP contribution in [0.25, 0.3) is 0 Å². The summed E-state index contributed by atoms with van der Waals surface area (Å²) in [4.78, 5) is 0.211. The second-order valence-corrected chi connectivity index (χ2v) is 9.24. The van der Waals surface area contributed by atoms with Gasteiger partial charge < -0.3 is 0 Å². The Balaban J connectivity index is 1.85. The van der Waals surface area contributed by atoms with Crippen LogP contribution in [0.2, 0.25) is 0 Å². The summed E-state index contributed by atoms with van der Waals surface area (Å²) >= 11 is 3.31. The third-order valence-electron chi connectivity index (χ3n) is 4.65. The van der Waals surface area contributed by atoms with Gasteiger partial charge in [0, 0.05) is 4.47 Å². The van der Waals surface area contributed by atoms with Gasteiger partial charge in [-0.25, -0.2) is 0 Å². The van der Waals surface area contributed by atoms with Crippen molar-refractivity contribution in [2.75, 3.05) is 6.61 Å². The maximum Gasteiger partial charge on any atom is 0.296 e. The van der Waals surface area contributed by atoms with Crippen LogP contribution in [0.4, 0.5) is 0 Å². The molecule has 0 bridgehead atoms. The average molecular weight is 429 g/mol. The van der Waals surface area contributed by atoms with E-state index in [0.717, 1.165) is 17.3 Å².